The number of nitrogens with one attached hydrogen (secondary N) is 1. The van der Waals surface area contributed by atoms with E-state index in [1.807, 2.05) is 49.4 Å². The summed E-state index contributed by atoms with van der Waals surface area (Å²) < 4.78 is 5.71. The molecule has 1 atom stereocenters. The van der Waals surface area contributed by atoms with Crippen LogP contribution in [0.5, 0.6) is 5.75 Å². The number of benzene rings is 2. The molecule has 22 heavy (non-hydrogen) atoms. The van der Waals surface area contributed by atoms with Crippen molar-refractivity contribution in [1.29, 1.82) is 0 Å². The van der Waals surface area contributed by atoms with Gasteiger partial charge in [0.05, 0.1) is 0 Å². The first-order chi connectivity index (χ1) is 10.6. The fourth-order valence-electron chi connectivity index (χ4n) is 2.32. The molecular weight excluding hydrogens is 276 g/mol. The molecule has 1 N–H and O–H groups in total. The van der Waals surface area contributed by atoms with Crippen LogP contribution in [-0.2, 0) is 4.79 Å². The summed E-state index contributed by atoms with van der Waals surface area (Å²) in [5.41, 5.74) is 3.58. The van der Waals surface area contributed by atoms with Gasteiger partial charge in [-0.1, -0.05) is 30.3 Å². The lowest BCUT2D eigenvalue weighted by Crippen LogP contribution is -2.34. The summed E-state index contributed by atoms with van der Waals surface area (Å²) in [7, 11) is 0. The molecule has 2 aromatic carbocycles. The Morgan fingerprint density at radius 1 is 1.23 bits per heavy atom. The Labute approximate surface area is 130 Å². The third kappa shape index (κ3) is 3.45. The van der Waals surface area contributed by atoms with E-state index in [0.717, 1.165) is 16.5 Å². The zero-order valence-corrected chi connectivity index (χ0v) is 12.9. The molecule has 114 valence electrons. The fraction of sp³-hybridized carbons (Fsp3) is 0.333. The molecule has 1 saturated carbocycles. The van der Waals surface area contributed by atoms with Crippen LogP contribution in [-0.4, -0.2) is 17.7 Å². The van der Waals surface area contributed by atoms with Gasteiger partial charge in [0.25, 0.3) is 5.91 Å². The Kier molecular flexibility index (Phi) is 4.09. The number of hydrogen-bond acceptors (Lipinski definition) is 3. The second kappa shape index (κ2) is 6.18. The van der Waals surface area contributed by atoms with Crippen molar-refractivity contribution in [3.8, 4) is 5.75 Å². The number of nitrogens with zero attached hydrogens (tertiary/aromatic N) is 1. The van der Waals surface area contributed by atoms with Gasteiger partial charge < -0.3 is 4.74 Å². The third-order valence-electron chi connectivity index (χ3n) is 3.91. The summed E-state index contributed by atoms with van der Waals surface area (Å²) in [6, 6.07) is 13.9. The fourth-order valence-corrected chi connectivity index (χ4v) is 2.32. The molecule has 4 nitrogen and oxygen atoms in total. The minimum Gasteiger partial charge on any atom is -0.481 e. The largest absolute Gasteiger partial charge is 0.481 e. The van der Waals surface area contributed by atoms with Gasteiger partial charge in [0.1, 0.15) is 5.75 Å². The quantitative estimate of drug-likeness (QED) is 0.678. The van der Waals surface area contributed by atoms with Crippen LogP contribution in [0.15, 0.2) is 47.6 Å². The van der Waals surface area contributed by atoms with Crippen LogP contribution in [0.3, 0.4) is 0 Å². The second-order valence-electron chi connectivity index (χ2n) is 5.77. The van der Waals surface area contributed by atoms with Crippen LogP contribution in [0, 0.1) is 5.92 Å². The van der Waals surface area contributed by atoms with Crippen molar-refractivity contribution in [3.05, 3.63) is 42.5 Å². The maximum Gasteiger partial charge on any atom is 0.280 e. The summed E-state index contributed by atoms with van der Waals surface area (Å²) >= 11 is 0. The molecule has 2 aromatic rings. The van der Waals surface area contributed by atoms with Crippen LogP contribution in [0.25, 0.3) is 10.8 Å². The lowest BCUT2D eigenvalue weighted by Gasteiger charge is -2.13. The zero-order valence-electron chi connectivity index (χ0n) is 12.9. The molecule has 0 aromatic heterocycles. The summed E-state index contributed by atoms with van der Waals surface area (Å²) in [4.78, 5) is 12.0. The molecule has 1 fully saturated rings. The number of rotatable bonds is 5. The van der Waals surface area contributed by atoms with E-state index in [-0.39, 0.29) is 5.91 Å². The minimum atomic E-state index is -0.586. The number of amides is 1. The van der Waals surface area contributed by atoms with E-state index in [9.17, 15) is 4.79 Å². The highest BCUT2D eigenvalue weighted by Gasteiger charge is 2.25. The first-order valence-electron chi connectivity index (χ1n) is 7.63. The highest BCUT2D eigenvalue weighted by Crippen LogP contribution is 2.30. The summed E-state index contributed by atoms with van der Waals surface area (Å²) in [5.74, 6) is 1.01. The van der Waals surface area contributed by atoms with E-state index < -0.39 is 6.10 Å². The van der Waals surface area contributed by atoms with Gasteiger partial charge in [-0.25, -0.2) is 5.43 Å². The van der Waals surface area contributed by atoms with E-state index in [0.29, 0.717) is 11.7 Å². The van der Waals surface area contributed by atoms with E-state index in [4.69, 9.17) is 4.74 Å². The maximum absolute atomic E-state index is 12.0. The van der Waals surface area contributed by atoms with Crippen LogP contribution in [0.1, 0.15) is 26.7 Å². The third-order valence-corrected chi connectivity index (χ3v) is 3.91. The number of fused-ring (bicyclic) bond motifs is 1. The Balaban J connectivity index is 1.62. The highest BCUT2D eigenvalue weighted by molar-refractivity contribution is 5.89. The summed E-state index contributed by atoms with van der Waals surface area (Å²) in [6.45, 7) is 3.68. The molecule has 0 radical (unpaired) electrons. The first kappa shape index (κ1) is 14.6. The van der Waals surface area contributed by atoms with Crippen molar-refractivity contribution in [2.45, 2.75) is 32.8 Å². The van der Waals surface area contributed by atoms with Gasteiger partial charge in [-0.3, -0.25) is 4.79 Å². The first-order valence-corrected chi connectivity index (χ1v) is 7.63. The zero-order chi connectivity index (χ0) is 15.5. The lowest BCUT2D eigenvalue weighted by molar-refractivity contribution is -0.127. The molecule has 1 aliphatic rings. The van der Waals surface area contributed by atoms with Gasteiger partial charge >= 0.3 is 0 Å². The van der Waals surface area contributed by atoms with Crippen LogP contribution in [0.4, 0.5) is 0 Å². The molecule has 1 aliphatic carbocycles. The standard InChI is InChI=1S/C18H20N2O2/c1-12(14-7-8-14)19-20-18(21)13(2)22-17-10-9-15-5-3-4-6-16(15)11-17/h3-6,9-11,13-14H,7-8H2,1-2H3,(H,20,21)/b19-12+/t13-/m0/s1. The Morgan fingerprint density at radius 3 is 2.68 bits per heavy atom. The predicted molar refractivity (Wildman–Crippen MR) is 88.0 cm³/mol. The van der Waals surface area contributed by atoms with Gasteiger partial charge in [-0.05, 0) is 55.5 Å². The van der Waals surface area contributed by atoms with Gasteiger partial charge in [0, 0.05) is 5.71 Å². The van der Waals surface area contributed by atoms with Gasteiger partial charge in [0.2, 0.25) is 0 Å². The van der Waals surface area contributed by atoms with Crippen molar-refractivity contribution in [2.24, 2.45) is 11.0 Å². The Hall–Kier alpha value is -2.36. The smallest absolute Gasteiger partial charge is 0.280 e. The van der Waals surface area contributed by atoms with Crippen molar-refractivity contribution < 1.29 is 9.53 Å². The average molecular weight is 296 g/mol. The van der Waals surface area contributed by atoms with Crippen molar-refractivity contribution in [1.82, 2.24) is 5.43 Å². The average Bonchev–Trinajstić information content (AvgIpc) is 3.37. The number of hydrazone groups is 1. The molecule has 0 heterocycles. The molecular formula is C18H20N2O2. The van der Waals surface area contributed by atoms with Crippen LogP contribution >= 0.6 is 0 Å². The minimum absolute atomic E-state index is 0.229. The van der Waals surface area contributed by atoms with E-state index in [1.54, 1.807) is 6.92 Å². The van der Waals surface area contributed by atoms with Crippen LogP contribution < -0.4 is 10.2 Å². The molecule has 0 spiro atoms. The highest BCUT2D eigenvalue weighted by atomic mass is 16.5. The summed E-state index contributed by atoms with van der Waals surface area (Å²) in [5, 5.41) is 6.38. The van der Waals surface area contributed by atoms with Crippen molar-refractivity contribution in [2.75, 3.05) is 0 Å². The SMILES string of the molecule is C/C(=N\NC(=O)[C@H](C)Oc1ccc2ccccc2c1)C1CC1. The number of hydrogen-bond donors (Lipinski definition) is 1. The Morgan fingerprint density at radius 2 is 1.95 bits per heavy atom. The van der Waals surface area contributed by atoms with E-state index in [1.165, 1.54) is 12.8 Å². The molecule has 4 heteroatoms. The van der Waals surface area contributed by atoms with E-state index >= 15 is 0 Å². The van der Waals surface area contributed by atoms with E-state index in [2.05, 4.69) is 10.5 Å². The topological polar surface area (TPSA) is 50.7 Å². The second-order valence-corrected chi connectivity index (χ2v) is 5.77. The normalized spacial score (nSPS) is 16.4. The van der Waals surface area contributed by atoms with Crippen molar-refractivity contribution in [3.63, 3.8) is 0 Å². The maximum atomic E-state index is 12.0. The molecule has 3 rings (SSSR count). The summed E-state index contributed by atoms with van der Waals surface area (Å²) in [6.07, 6.45) is 1.76. The lowest BCUT2D eigenvalue weighted by atomic mass is 10.1. The van der Waals surface area contributed by atoms with Gasteiger partial charge in [-0.15, -0.1) is 0 Å². The Bertz CT molecular complexity index is 720. The predicted octanol–water partition coefficient (Wildman–Crippen LogP) is 3.51. The monoisotopic (exact) mass is 296 g/mol. The van der Waals surface area contributed by atoms with Gasteiger partial charge in [-0.2, -0.15) is 5.10 Å². The van der Waals surface area contributed by atoms with Crippen LogP contribution in [0.2, 0.25) is 0 Å². The molecule has 0 aliphatic heterocycles. The number of ether oxygens (including phenoxy) is 1. The number of carbonyl (C=O) groups excluding carboxylic acids is 1. The molecule has 0 bridgehead atoms. The molecule has 1 amide bonds. The molecule has 0 saturated heterocycles. The molecule has 0 unspecified atom stereocenters. The van der Waals surface area contributed by atoms with Gasteiger partial charge in [0.15, 0.2) is 6.10 Å². The number of carbonyl (C=O) groups is 1. The van der Waals surface area contributed by atoms with Crippen molar-refractivity contribution >= 4 is 22.4 Å².